The van der Waals surface area contributed by atoms with Crippen molar-refractivity contribution in [1.82, 2.24) is 9.88 Å². The zero-order valence-corrected chi connectivity index (χ0v) is 15.0. The number of anilines is 1. The van der Waals surface area contributed by atoms with Gasteiger partial charge < -0.3 is 14.2 Å². The minimum Gasteiger partial charge on any atom is -0.436 e. The van der Waals surface area contributed by atoms with E-state index in [1.807, 2.05) is 43.0 Å². The number of amides is 1. The number of rotatable bonds is 3. The Morgan fingerprint density at radius 2 is 1.96 bits per heavy atom. The molecule has 1 aliphatic rings. The second-order valence-electron chi connectivity index (χ2n) is 6.36. The summed E-state index contributed by atoms with van der Waals surface area (Å²) in [6.45, 7) is 8.67. The number of oxazole rings is 1. The van der Waals surface area contributed by atoms with E-state index in [0.29, 0.717) is 24.7 Å². The summed E-state index contributed by atoms with van der Waals surface area (Å²) >= 11 is 6.06. The number of nitrogens with zero attached hydrogens (tertiary/aromatic N) is 3. The third kappa shape index (κ3) is 3.41. The summed E-state index contributed by atoms with van der Waals surface area (Å²) in [6.07, 6.45) is 0. The first-order chi connectivity index (χ1) is 11.5. The number of benzene rings is 1. The molecule has 128 valence electrons. The van der Waals surface area contributed by atoms with E-state index in [0.717, 1.165) is 29.5 Å². The molecule has 1 fully saturated rings. The number of aryl methyl sites for hydroxylation is 1. The predicted molar refractivity (Wildman–Crippen MR) is 94.9 cm³/mol. The molecular formula is C18H22ClN3O2. The normalized spacial score (nSPS) is 15.2. The largest absolute Gasteiger partial charge is 0.436 e. The van der Waals surface area contributed by atoms with Gasteiger partial charge >= 0.3 is 0 Å². The number of piperazine rings is 1. The Bertz CT molecular complexity index is 734. The lowest BCUT2D eigenvalue weighted by Crippen LogP contribution is -2.48. The van der Waals surface area contributed by atoms with Crippen molar-refractivity contribution in [3.8, 4) is 0 Å². The van der Waals surface area contributed by atoms with Crippen LogP contribution in [0.5, 0.6) is 0 Å². The lowest BCUT2D eigenvalue weighted by atomic mass is 10.1. The van der Waals surface area contributed by atoms with Gasteiger partial charge in [0.05, 0.1) is 5.69 Å². The molecule has 0 spiro atoms. The quantitative estimate of drug-likeness (QED) is 0.849. The van der Waals surface area contributed by atoms with Crippen molar-refractivity contribution in [2.75, 3.05) is 31.1 Å². The molecule has 1 aromatic carbocycles. The molecular weight excluding hydrogens is 326 g/mol. The Morgan fingerprint density at radius 3 is 2.58 bits per heavy atom. The van der Waals surface area contributed by atoms with Crippen molar-refractivity contribution in [2.24, 2.45) is 0 Å². The van der Waals surface area contributed by atoms with Gasteiger partial charge in [-0.25, -0.2) is 4.98 Å². The van der Waals surface area contributed by atoms with Crippen molar-refractivity contribution in [3.63, 3.8) is 0 Å². The topological polar surface area (TPSA) is 49.6 Å². The number of carbonyl (C=O) groups is 1. The second kappa shape index (κ2) is 6.85. The van der Waals surface area contributed by atoms with Crippen LogP contribution in [0.15, 0.2) is 28.7 Å². The van der Waals surface area contributed by atoms with Crippen LogP contribution in [0.1, 0.15) is 41.9 Å². The maximum atomic E-state index is 12.8. The fourth-order valence-corrected chi connectivity index (χ4v) is 3.16. The van der Waals surface area contributed by atoms with Gasteiger partial charge in [0.2, 0.25) is 5.76 Å². The van der Waals surface area contributed by atoms with Crippen LogP contribution in [-0.2, 0) is 0 Å². The van der Waals surface area contributed by atoms with Gasteiger partial charge in [-0.05, 0) is 24.1 Å². The monoisotopic (exact) mass is 347 g/mol. The minimum atomic E-state index is -0.0648. The van der Waals surface area contributed by atoms with Gasteiger partial charge in [0.1, 0.15) is 0 Å². The molecule has 0 unspecified atom stereocenters. The van der Waals surface area contributed by atoms with Gasteiger partial charge in [-0.2, -0.15) is 0 Å². The number of halogens is 1. The average molecular weight is 348 g/mol. The molecule has 1 aliphatic heterocycles. The molecule has 0 aliphatic carbocycles. The molecule has 24 heavy (non-hydrogen) atoms. The van der Waals surface area contributed by atoms with Gasteiger partial charge in [-0.1, -0.05) is 31.5 Å². The summed E-state index contributed by atoms with van der Waals surface area (Å²) in [4.78, 5) is 21.2. The van der Waals surface area contributed by atoms with Gasteiger partial charge in [0, 0.05) is 43.8 Å². The first-order valence-corrected chi connectivity index (χ1v) is 8.60. The van der Waals surface area contributed by atoms with Gasteiger partial charge in [-0.15, -0.1) is 0 Å². The Morgan fingerprint density at radius 1 is 1.25 bits per heavy atom. The highest BCUT2D eigenvalue weighted by molar-refractivity contribution is 6.30. The van der Waals surface area contributed by atoms with Crippen molar-refractivity contribution in [3.05, 3.63) is 46.6 Å². The molecule has 1 saturated heterocycles. The highest BCUT2D eigenvalue weighted by Gasteiger charge is 2.28. The van der Waals surface area contributed by atoms with Crippen LogP contribution in [0, 0.1) is 6.92 Å². The van der Waals surface area contributed by atoms with Crippen molar-refractivity contribution >= 4 is 23.2 Å². The number of hydrogen-bond acceptors (Lipinski definition) is 4. The third-order valence-electron chi connectivity index (χ3n) is 4.24. The van der Waals surface area contributed by atoms with E-state index in [1.54, 1.807) is 6.92 Å². The Labute approximate surface area is 147 Å². The third-order valence-corrected chi connectivity index (χ3v) is 4.48. The molecule has 1 amide bonds. The van der Waals surface area contributed by atoms with Crippen LogP contribution < -0.4 is 4.90 Å². The Hall–Kier alpha value is -2.01. The van der Waals surface area contributed by atoms with Gasteiger partial charge in [0.15, 0.2) is 5.89 Å². The van der Waals surface area contributed by atoms with E-state index in [1.165, 1.54) is 0 Å². The van der Waals surface area contributed by atoms with E-state index in [9.17, 15) is 4.79 Å². The molecule has 2 heterocycles. The van der Waals surface area contributed by atoms with Crippen molar-refractivity contribution in [2.45, 2.75) is 26.7 Å². The summed E-state index contributed by atoms with van der Waals surface area (Å²) in [6, 6.07) is 7.81. The molecule has 0 atom stereocenters. The van der Waals surface area contributed by atoms with Crippen molar-refractivity contribution in [1.29, 1.82) is 0 Å². The molecule has 0 N–H and O–H groups in total. The molecule has 2 aromatic rings. The number of carbonyl (C=O) groups excluding carboxylic acids is 1. The molecule has 0 bridgehead atoms. The second-order valence-corrected chi connectivity index (χ2v) is 6.80. The fraction of sp³-hybridized carbons (Fsp3) is 0.444. The number of aromatic nitrogens is 1. The Balaban J connectivity index is 1.69. The smallest absolute Gasteiger partial charge is 0.291 e. The number of hydrogen-bond donors (Lipinski definition) is 0. The van der Waals surface area contributed by atoms with Crippen LogP contribution in [0.3, 0.4) is 0 Å². The van der Waals surface area contributed by atoms with Crippen LogP contribution in [0.4, 0.5) is 5.69 Å². The SMILES string of the molecule is Cc1nc(C(C)C)c(C(=O)N2CCN(c3cccc(Cl)c3)CC2)o1. The zero-order chi connectivity index (χ0) is 17.3. The predicted octanol–water partition coefficient (Wildman–Crippen LogP) is 3.72. The highest BCUT2D eigenvalue weighted by Crippen LogP contribution is 2.24. The molecule has 0 saturated carbocycles. The molecule has 6 heteroatoms. The maximum Gasteiger partial charge on any atom is 0.291 e. The average Bonchev–Trinajstić information content (AvgIpc) is 2.96. The molecule has 3 rings (SSSR count). The summed E-state index contributed by atoms with van der Waals surface area (Å²) in [5, 5.41) is 0.727. The first-order valence-electron chi connectivity index (χ1n) is 8.23. The van der Waals surface area contributed by atoms with E-state index in [2.05, 4.69) is 9.88 Å². The standard InChI is InChI=1S/C18H22ClN3O2/c1-12(2)16-17(24-13(3)20-16)18(23)22-9-7-21(8-10-22)15-6-4-5-14(19)11-15/h4-6,11-12H,7-10H2,1-3H3. The summed E-state index contributed by atoms with van der Waals surface area (Å²) < 4.78 is 5.58. The zero-order valence-electron chi connectivity index (χ0n) is 14.3. The molecule has 0 radical (unpaired) electrons. The van der Waals surface area contributed by atoms with E-state index in [-0.39, 0.29) is 11.8 Å². The molecule has 1 aromatic heterocycles. The van der Waals surface area contributed by atoms with Crippen LogP contribution in [0.2, 0.25) is 5.02 Å². The summed E-state index contributed by atoms with van der Waals surface area (Å²) in [7, 11) is 0. The van der Waals surface area contributed by atoms with E-state index in [4.69, 9.17) is 16.0 Å². The lowest BCUT2D eigenvalue weighted by molar-refractivity contribution is 0.0711. The van der Waals surface area contributed by atoms with Crippen LogP contribution in [0.25, 0.3) is 0 Å². The van der Waals surface area contributed by atoms with Gasteiger partial charge in [0.25, 0.3) is 5.91 Å². The molecule has 5 nitrogen and oxygen atoms in total. The van der Waals surface area contributed by atoms with Crippen LogP contribution in [-0.4, -0.2) is 42.0 Å². The highest BCUT2D eigenvalue weighted by atomic mass is 35.5. The summed E-state index contributed by atoms with van der Waals surface area (Å²) in [5.74, 6) is 1.03. The summed E-state index contributed by atoms with van der Waals surface area (Å²) in [5.41, 5.74) is 1.84. The van der Waals surface area contributed by atoms with Crippen LogP contribution >= 0.6 is 11.6 Å². The van der Waals surface area contributed by atoms with E-state index < -0.39 is 0 Å². The van der Waals surface area contributed by atoms with E-state index >= 15 is 0 Å². The lowest BCUT2D eigenvalue weighted by Gasteiger charge is -2.35. The first kappa shape index (κ1) is 16.8. The fourth-order valence-electron chi connectivity index (χ4n) is 2.97. The minimum absolute atomic E-state index is 0.0648. The van der Waals surface area contributed by atoms with Gasteiger partial charge in [-0.3, -0.25) is 4.79 Å². The maximum absolute atomic E-state index is 12.8. The van der Waals surface area contributed by atoms with Crippen molar-refractivity contribution < 1.29 is 9.21 Å². The Kier molecular flexibility index (Phi) is 4.81.